The SMILES string of the molecule is CN(CC(C)(C)C)S(=O)(=O)c1ccc(CN)cn1. The van der Waals surface area contributed by atoms with E-state index in [0.717, 1.165) is 5.56 Å². The fourth-order valence-corrected chi connectivity index (χ4v) is 2.90. The highest BCUT2D eigenvalue weighted by Gasteiger charge is 2.26. The van der Waals surface area contributed by atoms with Crippen LogP contribution in [0.2, 0.25) is 0 Å². The standard InChI is InChI=1S/C12H21N3O2S/c1-12(2,3)9-15(4)18(16,17)11-6-5-10(7-13)8-14-11/h5-6,8H,7,9,13H2,1-4H3. The van der Waals surface area contributed by atoms with Crippen molar-refractivity contribution < 1.29 is 8.42 Å². The van der Waals surface area contributed by atoms with Crippen LogP contribution in [-0.4, -0.2) is 31.3 Å². The summed E-state index contributed by atoms with van der Waals surface area (Å²) in [5, 5.41) is 0.0615. The monoisotopic (exact) mass is 271 g/mol. The summed E-state index contributed by atoms with van der Waals surface area (Å²) in [6.45, 7) is 6.76. The van der Waals surface area contributed by atoms with E-state index in [2.05, 4.69) is 4.98 Å². The van der Waals surface area contributed by atoms with E-state index < -0.39 is 10.0 Å². The van der Waals surface area contributed by atoms with E-state index in [0.29, 0.717) is 13.1 Å². The number of rotatable bonds is 4. The Morgan fingerprint density at radius 1 is 1.33 bits per heavy atom. The summed E-state index contributed by atoms with van der Waals surface area (Å²) in [6, 6.07) is 3.18. The Morgan fingerprint density at radius 2 is 1.94 bits per heavy atom. The molecule has 18 heavy (non-hydrogen) atoms. The molecule has 1 aromatic rings. The second kappa shape index (κ2) is 5.34. The number of hydrogen-bond donors (Lipinski definition) is 1. The van der Waals surface area contributed by atoms with E-state index in [4.69, 9.17) is 5.73 Å². The number of pyridine rings is 1. The topological polar surface area (TPSA) is 76.3 Å². The van der Waals surface area contributed by atoms with Gasteiger partial charge in [-0.1, -0.05) is 26.8 Å². The lowest BCUT2D eigenvalue weighted by Gasteiger charge is -2.25. The van der Waals surface area contributed by atoms with Gasteiger partial charge in [-0.25, -0.2) is 13.4 Å². The fourth-order valence-electron chi connectivity index (χ4n) is 1.60. The van der Waals surface area contributed by atoms with Gasteiger partial charge in [-0.05, 0) is 17.0 Å². The van der Waals surface area contributed by atoms with Crippen LogP contribution < -0.4 is 5.73 Å². The predicted molar refractivity (Wildman–Crippen MR) is 71.4 cm³/mol. The molecular formula is C12H21N3O2S. The summed E-state index contributed by atoms with van der Waals surface area (Å²) >= 11 is 0. The third-order valence-electron chi connectivity index (χ3n) is 2.40. The van der Waals surface area contributed by atoms with E-state index in [1.54, 1.807) is 13.1 Å². The summed E-state index contributed by atoms with van der Waals surface area (Å²) in [6.07, 6.45) is 1.50. The van der Waals surface area contributed by atoms with Crippen LogP contribution in [0, 0.1) is 5.41 Å². The van der Waals surface area contributed by atoms with Crippen LogP contribution in [0.25, 0.3) is 0 Å². The molecule has 0 fully saturated rings. The van der Waals surface area contributed by atoms with Crippen molar-refractivity contribution in [2.45, 2.75) is 32.3 Å². The van der Waals surface area contributed by atoms with Crippen molar-refractivity contribution in [3.63, 3.8) is 0 Å². The zero-order valence-corrected chi connectivity index (χ0v) is 12.2. The van der Waals surface area contributed by atoms with Gasteiger partial charge in [0.15, 0.2) is 5.03 Å². The number of hydrogen-bond acceptors (Lipinski definition) is 4. The lowest BCUT2D eigenvalue weighted by molar-refractivity contribution is 0.310. The number of aromatic nitrogens is 1. The van der Waals surface area contributed by atoms with Gasteiger partial charge in [-0.3, -0.25) is 0 Å². The molecule has 0 saturated heterocycles. The highest BCUT2D eigenvalue weighted by atomic mass is 32.2. The Morgan fingerprint density at radius 3 is 2.33 bits per heavy atom. The normalized spacial score (nSPS) is 13.0. The number of nitrogens with zero attached hydrogens (tertiary/aromatic N) is 2. The van der Waals surface area contributed by atoms with Crippen LogP contribution >= 0.6 is 0 Å². The van der Waals surface area contributed by atoms with E-state index >= 15 is 0 Å². The first-order valence-corrected chi connectivity index (χ1v) is 7.22. The maximum Gasteiger partial charge on any atom is 0.260 e. The minimum Gasteiger partial charge on any atom is -0.326 e. The van der Waals surface area contributed by atoms with Crippen LogP contribution in [0.3, 0.4) is 0 Å². The summed E-state index contributed by atoms with van der Waals surface area (Å²) in [4.78, 5) is 3.96. The highest BCUT2D eigenvalue weighted by Crippen LogP contribution is 2.19. The van der Waals surface area contributed by atoms with Crippen molar-refractivity contribution in [3.05, 3.63) is 23.9 Å². The lowest BCUT2D eigenvalue weighted by atomic mass is 9.97. The Balaban J connectivity index is 2.98. The Kier molecular flexibility index (Phi) is 4.47. The smallest absolute Gasteiger partial charge is 0.260 e. The summed E-state index contributed by atoms with van der Waals surface area (Å²) in [5.41, 5.74) is 6.17. The van der Waals surface area contributed by atoms with E-state index in [1.165, 1.54) is 16.6 Å². The molecule has 0 aromatic carbocycles. The molecule has 0 aliphatic rings. The maximum absolute atomic E-state index is 12.2. The third-order valence-corrected chi connectivity index (χ3v) is 4.12. The molecule has 1 rings (SSSR count). The first kappa shape index (κ1) is 15.1. The molecule has 0 unspecified atom stereocenters. The molecular weight excluding hydrogens is 250 g/mol. The van der Waals surface area contributed by atoms with E-state index in [-0.39, 0.29) is 10.4 Å². The Labute approximate surface area is 109 Å². The first-order chi connectivity index (χ1) is 8.16. The molecule has 2 N–H and O–H groups in total. The minimum absolute atomic E-state index is 0.0615. The average Bonchev–Trinajstić information content (AvgIpc) is 2.27. The molecule has 5 nitrogen and oxygen atoms in total. The second-order valence-electron chi connectivity index (χ2n) is 5.53. The molecule has 1 heterocycles. The molecule has 0 amide bonds. The predicted octanol–water partition coefficient (Wildman–Crippen LogP) is 1.21. The molecule has 1 aromatic heterocycles. The van der Waals surface area contributed by atoms with Crippen LogP contribution in [0.15, 0.2) is 23.4 Å². The minimum atomic E-state index is -3.52. The molecule has 0 aliphatic heterocycles. The van der Waals surface area contributed by atoms with Crippen molar-refractivity contribution in [2.24, 2.45) is 11.1 Å². The van der Waals surface area contributed by atoms with Crippen LogP contribution in [0.1, 0.15) is 26.3 Å². The van der Waals surface area contributed by atoms with E-state index in [1.807, 2.05) is 20.8 Å². The van der Waals surface area contributed by atoms with Gasteiger partial charge in [-0.2, -0.15) is 4.31 Å². The van der Waals surface area contributed by atoms with Gasteiger partial charge in [0.1, 0.15) is 0 Å². The molecule has 102 valence electrons. The molecule has 0 atom stereocenters. The van der Waals surface area contributed by atoms with Gasteiger partial charge < -0.3 is 5.73 Å². The van der Waals surface area contributed by atoms with Crippen molar-refractivity contribution in [1.82, 2.24) is 9.29 Å². The second-order valence-corrected chi connectivity index (χ2v) is 7.52. The molecule has 6 heteroatoms. The van der Waals surface area contributed by atoms with Gasteiger partial charge in [0, 0.05) is 26.3 Å². The van der Waals surface area contributed by atoms with Crippen molar-refractivity contribution in [2.75, 3.05) is 13.6 Å². The zero-order chi connectivity index (χ0) is 14.0. The van der Waals surface area contributed by atoms with Gasteiger partial charge in [0.05, 0.1) is 0 Å². The van der Waals surface area contributed by atoms with Crippen molar-refractivity contribution in [1.29, 1.82) is 0 Å². The summed E-state index contributed by atoms with van der Waals surface area (Å²) in [5.74, 6) is 0. The van der Waals surface area contributed by atoms with Gasteiger partial charge >= 0.3 is 0 Å². The summed E-state index contributed by atoms with van der Waals surface area (Å²) < 4.78 is 25.8. The molecule has 0 aliphatic carbocycles. The number of sulfonamides is 1. The number of nitrogens with two attached hydrogens (primary N) is 1. The van der Waals surface area contributed by atoms with Crippen LogP contribution in [0.4, 0.5) is 0 Å². The first-order valence-electron chi connectivity index (χ1n) is 5.78. The average molecular weight is 271 g/mol. The van der Waals surface area contributed by atoms with Gasteiger partial charge in [-0.15, -0.1) is 0 Å². The highest BCUT2D eigenvalue weighted by molar-refractivity contribution is 7.89. The van der Waals surface area contributed by atoms with Gasteiger partial charge in [0.25, 0.3) is 10.0 Å². The Bertz CT molecular complexity index is 489. The Hall–Kier alpha value is -0.980. The molecule has 0 spiro atoms. The molecule has 0 bridgehead atoms. The summed E-state index contributed by atoms with van der Waals surface area (Å²) in [7, 11) is -1.95. The third kappa shape index (κ3) is 3.76. The molecule has 0 saturated carbocycles. The fraction of sp³-hybridized carbons (Fsp3) is 0.583. The van der Waals surface area contributed by atoms with Crippen LogP contribution in [0.5, 0.6) is 0 Å². The maximum atomic E-state index is 12.2. The largest absolute Gasteiger partial charge is 0.326 e. The van der Waals surface area contributed by atoms with E-state index in [9.17, 15) is 8.42 Å². The quantitative estimate of drug-likeness (QED) is 0.893. The van der Waals surface area contributed by atoms with Crippen molar-refractivity contribution >= 4 is 10.0 Å². The van der Waals surface area contributed by atoms with Crippen LogP contribution in [-0.2, 0) is 16.6 Å². The van der Waals surface area contributed by atoms with Crippen molar-refractivity contribution in [3.8, 4) is 0 Å². The lowest BCUT2D eigenvalue weighted by Crippen LogP contribution is -2.34. The molecule has 0 radical (unpaired) electrons. The van der Waals surface area contributed by atoms with Gasteiger partial charge in [0.2, 0.25) is 0 Å². The zero-order valence-electron chi connectivity index (χ0n) is 11.3.